The zero-order valence-electron chi connectivity index (χ0n) is 14.3. The number of ether oxygens (including phenoxy) is 2. The number of rotatable bonds is 14. The van der Waals surface area contributed by atoms with Gasteiger partial charge in [0.05, 0.1) is 12.7 Å². The van der Waals surface area contributed by atoms with Gasteiger partial charge in [0, 0.05) is 13.2 Å². The van der Waals surface area contributed by atoms with Crippen molar-refractivity contribution in [2.24, 2.45) is 0 Å². The number of unbranched alkanes of at least 4 members (excludes halogenated alkanes) is 9. The van der Waals surface area contributed by atoms with Gasteiger partial charge in [-0.1, -0.05) is 64.7 Å². The zero-order valence-corrected chi connectivity index (χ0v) is 14.3. The third kappa shape index (κ3) is 9.09. The average molecular weight is 316 g/mol. The molecule has 0 aromatic carbocycles. The van der Waals surface area contributed by atoms with E-state index in [1.54, 1.807) is 0 Å². The Hall–Kier alpha value is -0.160. The zero-order chi connectivity index (χ0) is 16.0. The Labute approximate surface area is 136 Å². The Balaban J connectivity index is 1.75. The molecule has 0 spiro atoms. The summed E-state index contributed by atoms with van der Waals surface area (Å²) in [6.45, 7) is 3.90. The first-order valence-electron chi connectivity index (χ1n) is 9.31. The van der Waals surface area contributed by atoms with Crippen LogP contribution in [0.2, 0.25) is 0 Å². The third-order valence-corrected chi connectivity index (χ3v) is 4.45. The lowest BCUT2D eigenvalue weighted by Crippen LogP contribution is -2.30. The fourth-order valence-corrected chi connectivity index (χ4v) is 2.91. The van der Waals surface area contributed by atoms with E-state index in [2.05, 4.69) is 6.92 Å². The summed E-state index contributed by atoms with van der Waals surface area (Å²) < 4.78 is 10.9. The van der Waals surface area contributed by atoms with Crippen LogP contribution < -0.4 is 0 Å². The molecule has 22 heavy (non-hydrogen) atoms. The van der Waals surface area contributed by atoms with E-state index in [9.17, 15) is 10.2 Å². The molecule has 0 bridgehead atoms. The molecule has 4 nitrogen and oxygen atoms in total. The molecule has 4 heteroatoms. The first-order chi connectivity index (χ1) is 10.8. The van der Waals surface area contributed by atoms with Gasteiger partial charge in [0.15, 0.2) is 0 Å². The third-order valence-electron chi connectivity index (χ3n) is 4.45. The van der Waals surface area contributed by atoms with Crippen molar-refractivity contribution in [2.75, 3.05) is 19.8 Å². The lowest BCUT2D eigenvalue weighted by Gasteiger charge is -2.14. The molecule has 0 aromatic heterocycles. The predicted molar refractivity (Wildman–Crippen MR) is 89.0 cm³/mol. The van der Waals surface area contributed by atoms with Crippen molar-refractivity contribution in [1.29, 1.82) is 0 Å². The fraction of sp³-hybridized carbons (Fsp3) is 1.00. The first-order valence-corrected chi connectivity index (χ1v) is 9.31. The number of hydrogen-bond donors (Lipinski definition) is 2. The van der Waals surface area contributed by atoms with Crippen LogP contribution in [0.15, 0.2) is 0 Å². The van der Waals surface area contributed by atoms with Crippen molar-refractivity contribution in [2.45, 2.75) is 95.9 Å². The summed E-state index contributed by atoms with van der Waals surface area (Å²) in [5, 5.41) is 19.0. The summed E-state index contributed by atoms with van der Waals surface area (Å²) in [6, 6.07) is 0. The van der Waals surface area contributed by atoms with E-state index in [0.717, 1.165) is 13.0 Å². The molecule has 1 heterocycles. The molecule has 3 atom stereocenters. The minimum absolute atomic E-state index is 0.240. The van der Waals surface area contributed by atoms with Crippen molar-refractivity contribution in [3.8, 4) is 0 Å². The van der Waals surface area contributed by atoms with Gasteiger partial charge in [-0.05, 0) is 12.8 Å². The van der Waals surface area contributed by atoms with Crippen LogP contribution in [0.4, 0.5) is 0 Å². The molecule has 1 saturated heterocycles. The van der Waals surface area contributed by atoms with Crippen LogP contribution in [0.25, 0.3) is 0 Å². The predicted octanol–water partition coefficient (Wildman–Crippen LogP) is 3.43. The SMILES string of the molecule is CCCCCCCCCCCCOCC[C@H]1OC[C@H](O)C1O. The molecule has 132 valence electrons. The largest absolute Gasteiger partial charge is 0.388 e. The highest BCUT2D eigenvalue weighted by atomic mass is 16.5. The summed E-state index contributed by atoms with van der Waals surface area (Å²) >= 11 is 0. The lowest BCUT2D eigenvalue weighted by molar-refractivity contribution is 0.00194. The number of aliphatic hydroxyl groups excluding tert-OH is 2. The van der Waals surface area contributed by atoms with Crippen LogP contribution in [-0.2, 0) is 9.47 Å². The van der Waals surface area contributed by atoms with Gasteiger partial charge in [-0.25, -0.2) is 0 Å². The Morgan fingerprint density at radius 1 is 0.864 bits per heavy atom. The molecule has 2 N–H and O–H groups in total. The summed E-state index contributed by atoms with van der Waals surface area (Å²) in [5.74, 6) is 0. The molecule has 1 fully saturated rings. The molecule has 0 radical (unpaired) electrons. The van der Waals surface area contributed by atoms with Crippen LogP contribution in [0.1, 0.15) is 77.6 Å². The van der Waals surface area contributed by atoms with E-state index >= 15 is 0 Å². The van der Waals surface area contributed by atoms with E-state index in [-0.39, 0.29) is 12.7 Å². The molecule has 0 aliphatic carbocycles. The summed E-state index contributed by atoms with van der Waals surface area (Å²) in [5.41, 5.74) is 0. The molecular formula is C18H36O4. The normalized spacial score (nSPS) is 25.0. The van der Waals surface area contributed by atoms with E-state index < -0.39 is 12.2 Å². The van der Waals surface area contributed by atoms with Gasteiger partial charge < -0.3 is 19.7 Å². The molecule has 0 amide bonds. The van der Waals surface area contributed by atoms with E-state index in [1.807, 2.05) is 0 Å². The number of aliphatic hydroxyl groups is 2. The highest BCUT2D eigenvalue weighted by Crippen LogP contribution is 2.17. The maximum absolute atomic E-state index is 9.62. The standard InChI is InChI=1S/C18H36O4/c1-2-3-4-5-6-7-8-9-10-11-13-21-14-12-17-18(20)16(19)15-22-17/h16-20H,2-15H2,1H3/t16-,17+,18?/m0/s1. The molecule has 0 saturated carbocycles. The van der Waals surface area contributed by atoms with Crippen LogP contribution in [0, 0.1) is 0 Å². The molecule has 1 aliphatic rings. The Kier molecular flexibility index (Phi) is 12.0. The average Bonchev–Trinajstić information content (AvgIpc) is 2.84. The van der Waals surface area contributed by atoms with Gasteiger partial charge >= 0.3 is 0 Å². The second-order valence-electron chi connectivity index (χ2n) is 6.51. The minimum atomic E-state index is -0.749. The van der Waals surface area contributed by atoms with Gasteiger partial charge in [-0.2, -0.15) is 0 Å². The second kappa shape index (κ2) is 13.3. The van der Waals surface area contributed by atoms with E-state index in [4.69, 9.17) is 9.47 Å². The smallest absolute Gasteiger partial charge is 0.108 e. The van der Waals surface area contributed by atoms with Crippen molar-refractivity contribution in [3.63, 3.8) is 0 Å². The van der Waals surface area contributed by atoms with Crippen molar-refractivity contribution in [1.82, 2.24) is 0 Å². The molecule has 1 unspecified atom stereocenters. The molecular weight excluding hydrogens is 280 g/mol. The highest BCUT2D eigenvalue weighted by Gasteiger charge is 2.33. The van der Waals surface area contributed by atoms with Gasteiger partial charge in [-0.3, -0.25) is 0 Å². The summed E-state index contributed by atoms with van der Waals surface area (Å²) in [6.07, 6.45) is 12.2. The van der Waals surface area contributed by atoms with E-state index in [1.165, 1.54) is 57.8 Å². The van der Waals surface area contributed by atoms with E-state index in [0.29, 0.717) is 13.0 Å². The molecule has 1 aliphatic heterocycles. The quantitative estimate of drug-likeness (QED) is 0.482. The van der Waals surface area contributed by atoms with Crippen LogP contribution >= 0.6 is 0 Å². The second-order valence-corrected chi connectivity index (χ2v) is 6.51. The first kappa shape index (κ1) is 19.9. The molecule has 1 rings (SSSR count). The minimum Gasteiger partial charge on any atom is -0.388 e. The van der Waals surface area contributed by atoms with Crippen molar-refractivity contribution >= 4 is 0 Å². The maximum Gasteiger partial charge on any atom is 0.108 e. The van der Waals surface area contributed by atoms with Crippen LogP contribution in [0.5, 0.6) is 0 Å². The molecule has 0 aromatic rings. The number of hydrogen-bond acceptors (Lipinski definition) is 4. The van der Waals surface area contributed by atoms with Gasteiger partial charge in [0.1, 0.15) is 12.2 Å². The highest BCUT2D eigenvalue weighted by molar-refractivity contribution is 4.82. The summed E-state index contributed by atoms with van der Waals surface area (Å²) in [7, 11) is 0. The van der Waals surface area contributed by atoms with Gasteiger partial charge in [-0.15, -0.1) is 0 Å². The monoisotopic (exact) mass is 316 g/mol. The fourth-order valence-electron chi connectivity index (χ4n) is 2.91. The van der Waals surface area contributed by atoms with Crippen molar-refractivity contribution in [3.05, 3.63) is 0 Å². The van der Waals surface area contributed by atoms with Crippen molar-refractivity contribution < 1.29 is 19.7 Å². The Bertz CT molecular complexity index is 247. The van der Waals surface area contributed by atoms with Gasteiger partial charge in [0.2, 0.25) is 0 Å². The van der Waals surface area contributed by atoms with Crippen LogP contribution in [-0.4, -0.2) is 48.3 Å². The Morgan fingerprint density at radius 2 is 1.45 bits per heavy atom. The Morgan fingerprint density at radius 3 is 2.00 bits per heavy atom. The lowest BCUT2D eigenvalue weighted by atomic mass is 10.1. The topological polar surface area (TPSA) is 58.9 Å². The summed E-state index contributed by atoms with van der Waals surface area (Å²) in [4.78, 5) is 0. The van der Waals surface area contributed by atoms with Crippen LogP contribution in [0.3, 0.4) is 0 Å². The van der Waals surface area contributed by atoms with Gasteiger partial charge in [0.25, 0.3) is 0 Å². The maximum atomic E-state index is 9.62.